The number of esters is 1. The summed E-state index contributed by atoms with van der Waals surface area (Å²) in [6.45, 7) is 6.84. The number of rotatable bonds is 5. The van der Waals surface area contributed by atoms with Gasteiger partial charge in [0, 0.05) is 16.3 Å². The highest BCUT2D eigenvalue weighted by Crippen LogP contribution is 2.21. The topological polar surface area (TPSA) is 84.5 Å². The molecule has 1 heterocycles. The molecule has 0 saturated heterocycles. The number of aryl methyl sites for hydroxylation is 2. The van der Waals surface area contributed by atoms with Gasteiger partial charge in [-0.15, -0.1) is 17.9 Å². The predicted molar refractivity (Wildman–Crippen MR) is 75.8 cm³/mol. The van der Waals surface area contributed by atoms with Crippen molar-refractivity contribution in [1.29, 1.82) is 0 Å². The van der Waals surface area contributed by atoms with Crippen LogP contribution in [0.5, 0.6) is 0 Å². The van der Waals surface area contributed by atoms with E-state index in [1.807, 2.05) is 12.2 Å². The lowest BCUT2D eigenvalue weighted by atomic mass is 10.2. The predicted octanol–water partition coefficient (Wildman–Crippen LogP) is 1.53. The zero-order chi connectivity index (χ0) is 15.1. The van der Waals surface area contributed by atoms with Crippen molar-refractivity contribution in [3.63, 3.8) is 0 Å². The summed E-state index contributed by atoms with van der Waals surface area (Å²) >= 11 is 1.48. The van der Waals surface area contributed by atoms with Crippen LogP contribution in [0.3, 0.4) is 0 Å². The zero-order valence-electron chi connectivity index (χ0n) is 11.3. The minimum Gasteiger partial charge on any atom is -0.452 e. The molecule has 20 heavy (non-hydrogen) atoms. The molecule has 0 fully saturated rings. The van der Waals surface area contributed by atoms with Gasteiger partial charge in [0.2, 0.25) is 0 Å². The fraction of sp³-hybridized carbons (Fsp3) is 0.308. The highest BCUT2D eigenvalue weighted by Gasteiger charge is 2.15. The summed E-state index contributed by atoms with van der Waals surface area (Å²) in [6.07, 6.45) is 1.48. The Labute approximate surface area is 120 Å². The molecule has 0 aromatic carbocycles. The van der Waals surface area contributed by atoms with Gasteiger partial charge in [-0.05, 0) is 19.9 Å². The third-order valence-corrected chi connectivity index (χ3v) is 3.22. The molecule has 0 unspecified atom stereocenters. The number of carbonyl (C=O) groups excluding carboxylic acids is 3. The molecule has 0 saturated carbocycles. The van der Waals surface area contributed by atoms with E-state index in [0.717, 1.165) is 9.75 Å². The number of urea groups is 1. The smallest absolute Gasteiger partial charge is 0.339 e. The maximum absolute atomic E-state index is 11.7. The second-order valence-electron chi connectivity index (χ2n) is 3.95. The summed E-state index contributed by atoms with van der Waals surface area (Å²) in [7, 11) is 0. The molecule has 7 heteroatoms. The SMILES string of the molecule is C=CCNC(=O)NC(=O)COC(=O)c1cc(C)sc1C. The molecule has 0 radical (unpaired) electrons. The lowest BCUT2D eigenvalue weighted by molar-refractivity contribution is -0.123. The third kappa shape index (κ3) is 4.85. The van der Waals surface area contributed by atoms with Gasteiger partial charge in [0.05, 0.1) is 5.56 Å². The zero-order valence-corrected chi connectivity index (χ0v) is 12.1. The van der Waals surface area contributed by atoms with Crippen LogP contribution in [0.15, 0.2) is 18.7 Å². The van der Waals surface area contributed by atoms with Gasteiger partial charge in [0.15, 0.2) is 6.61 Å². The number of hydrogen-bond acceptors (Lipinski definition) is 5. The van der Waals surface area contributed by atoms with E-state index >= 15 is 0 Å². The van der Waals surface area contributed by atoms with E-state index < -0.39 is 24.5 Å². The molecule has 3 amide bonds. The minimum atomic E-state index is -0.690. The molecule has 1 aromatic heterocycles. The van der Waals surface area contributed by atoms with Crippen LogP contribution in [-0.2, 0) is 9.53 Å². The Morgan fingerprint density at radius 2 is 2.10 bits per heavy atom. The van der Waals surface area contributed by atoms with Crippen LogP contribution < -0.4 is 10.6 Å². The highest BCUT2D eigenvalue weighted by atomic mass is 32.1. The normalized spacial score (nSPS) is 9.70. The monoisotopic (exact) mass is 296 g/mol. The standard InChI is InChI=1S/C13H16N2O4S/c1-4-5-14-13(18)15-11(16)7-19-12(17)10-6-8(2)20-9(10)3/h4,6H,1,5,7H2,2-3H3,(H2,14,15,16,18). The van der Waals surface area contributed by atoms with Gasteiger partial charge in [-0.2, -0.15) is 0 Å². The maximum Gasteiger partial charge on any atom is 0.339 e. The Morgan fingerprint density at radius 1 is 1.40 bits per heavy atom. The van der Waals surface area contributed by atoms with E-state index in [1.165, 1.54) is 17.4 Å². The molecule has 2 N–H and O–H groups in total. The molecular weight excluding hydrogens is 280 g/mol. The Hall–Kier alpha value is -2.15. The van der Waals surface area contributed by atoms with Gasteiger partial charge in [-0.1, -0.05) is 6.08 Å². The van der Waals surface area contributed by atoms with Crippen LogP contribution in [0.1, 0.15) is 20.1 Å². The van der Waals surface area contributed by atoms with Crippen molar-refractivity contribution in [2.45, 2.75) is 13.8 Å². The van der Waals surface area contributed by atoms with Gasteiger partial charge < -0.3 is 10.1 Å². The van der Waals surface area contributed by atoms with E-state index in [-0.39, 0.29) is 6.54 Å². The van der Waals surface area contributed by atoms with E-state index in [9.17, 15) is 14.4 Å². The average molecular weight is 296 g/mol. The molecule has 1 rings (SSSR count). The largest absolute Gasteiger partial charge is 0.452 e. The lowest BCUT2D eigenvalue weighted by Gasteiger charge is -2.06. The number of carbonyl (C=O) groups is 3. The number of amides is 3. The molecular formula is C13H16N2O4S. The lowest BCUT2D eigenvalue weighted by Crippen LogP contribution is -2.41. The van der Waals surface area contributed by atoms with Crippen molar-refractivity contribution < 1.29 is 19.1 Å². The molecule has 0 atom stereocenters. The maximum atomic E-state index is 11.7. The van der Waals surface area contributed by atoms with E-state index in [1.54, 1.807) is 13.0 Å². The molecule has 0 spiro atoms. The van der Waals surface area contributed by atoms with Crippen molar-refractivity contribution in [3.8, 4) is 0 Å². The van der Waals surface area contributed by atoms with Crippen molar-refractivity contribution in [1.82, 2.24) is 10.6 Å². The van der Waals surface area contributed by atoms with Crippen LogP contribution >= 0.6 is 11.3 Å². The van der Waals surface area contributed by atoms with Crippen LogP contribution in [0.2, 0.25) is 0 Å². The third-order valence-electron chi connectivity index (χ3n) is 2.26. The van der Waals surface area contributed by atoms with Crippen LogP contribution in [0.4, 0.5) is 4.79 Å². The summed E-state index contributed by atoms with van der Waals surface area (Å²) < 4.78 is 4.84. The van der Waals surface area contributed by atoms with Crippen molar-refractivity contribution >= 4 is 29.2 Å². The van der Waals surface area contributed by atoms with E-state index in [4.69, 9.17) is 4.74 Å². The molecule has 0 bridgehead atoms. The Kier molecular flexibility index (Phi) is 5.92. The molecule has 108 valence electrons. The van der Waals surface area contributed by atoms with Crippen molar-refractivity contribution in [3.05, 3.63) is 34.0 Å². The van der Waals surface area contributed by atoms with Crippen molar-refractivity contribution in [2.75, 3.05) is 13.2 Å². The number of imide groups is 1. The summed E-state index contributed by atoms with van der Waals surface area (Å²) in [5, 5.41) is 4.40. The van der Waals surface area contributed by atoms with E-state index in [0.29, 0.717) is 5.56 Å². The summed E-state index contributed by atoms with van der Waals surface area (Å²) in [6, 6.07) is 1.05. The second kappa shape index (κ2) is 7.44. The Balaban J connectivity index is 2.41. The number of nitrogens with one attached hydrogen (secondary N) is 2. The average Bonchev–Trinajstić information content (AvgIpc) is 2.72. The Morgan fingerprint density at radius 3 is 2.65 bits per heavy atom. The van der Waals surface area contributed by atoms with Crippen molar-refractivity contribution in [2.24, 2.45) is 0 Å². The first-order chi connectivity index (χ1) is 9.43. The number of ether oxygens (including phenoxy) is 1. The van der Waals surface area contributed by atoms with Gasteiger partial charge >= 0.3 is 12.0 Å². The van der Waals surface area contributed by atoms with Gasteiger partial charge in [0.25, 0.3) is 5.91 Å². The quantitative estimate of drug-likeness (QED) is 0.637. The van der Waals surface area contributed by atoms with Gasteiger partial charge in [0.1, 0.15) is 0 Å². The fourth-order valence-corrected chi connectivity index (χ4v) is 2.33. The summed E-state index contributed by atoms with van der Waals surface area (Å²) in [5.41, 5.74) is 0.441. The number of hydrogen-bond donors (Lipinski definition) is 2. The summed E-state index contributed by atoms with van der Waals surface area (Å²) in [4.78, 5) is 36.1. The van der Waals surface area contributed by atoms with Gasteiger partial charge in [-0.25, -0.2) is 9.59 Å². The molecule has 6 nitrogen and oxygen atoms in total. The van der Waals surface area contributed by atoms with Crippen LogP contribution in [0, 0.1) is 13.8 Å². The first kappa shape index (κ1) is 15.9. The molecule has 0 aliphatic rings. The second-order valence-corrected chi connectivity index (χ2v) is 5.41. The Bertz CT molecular complexity index is 536. The fourth-order valence-electron chi connectivity index (χ4n) is 1.41. The molecule has 1 aromatic rings. The highest BCUT2D eigenvalue weighted by molar-refractivity contribution is 7.12. The van der Waals surface area contributed by atoms with E-state index in [2.05, 4.69) is 11.9 Å². The van der Waals surface area contributed by atoms with Crippen LogP contribution in [-0.4, -0.2) is 31.1 Å². The van der Waals surface area contributed by atoms with Crippen LogP contribution in [0.25, 0.3) is 0 Å². The number of thiophene rings is 1. The minimum absolute atomic E-state index is 0.242. The first-order valence-electron chi connectivity index (χ1n) is 5.86. The first-order valence-corrected chi connectivity index (χ1v) is 6.68. The molecule has 0 aliphatic heterocycles. The summed E-state index contributed by atoms with van der Waals surface area (Å²) in [5.74, 6) is -1.27. The molecule has 0 aliphatic carbocycles. The van der Waals surface area contributed by atoms with Gasteiger partial charge in [-0.3, -0.25) is 10.1 Å².